The van der Waals surface area contributed by atoms with Crippen LogP contribution < -0.4 is 5.73 Å². The SMILES string of the molecule is NC(=O)CC(O)C(O)c1ccc(C(=O)O)cn1. The minimum atomic E-state index is -1.38. The van der Waals surface area contributed by atoms with Crippen molar-refractivity contribution in [2.45, 2.75) is 18.6 Å². The number of rotatable bonds is 5. The molecular formula is C10H12N2O5. The quantitative estimate of drug-likeness (QED) is 0.524. The third-order valence-electron chi connectivity index (χ3n) is 2.11. The van der Waals surface area contributed by atoms with Crippen LogP contribution in [0.25, 0.3) is 0 Å². The third-order valence-corrected chi connectivity index (χ3v) is 2.11. The zero-order valence-corrected chi connectivity index (χ0v) is 8.78. The van der Waals surface area contributed by atoms with Gasteiger partial charge in [0.05, 0.1) is 23.8 Å². The Kier molecular flexibility index (Phi) is 4.13. The molecule has 1 rings (SSSR count). The molecule has 1 aromatic heterocycles. The van der Waals surface area contributed by atoms with Crippen LogP contribution in [0.5, 0.6) is 0 Å². The van der Waals surface area contributed by atoms with Crippen LogP contribution in [-0.4, -0.2) is 38.3 Å². The molecule has 7 nitrogen and oxygen atoms in total. The van der Waals surface area contributed by atoms with Gasteiger partial charge in [0, 0.05) is 6.20 Å². The first-order valence-electron chi connectivity index (χ1n) is 4.75. The van der Waals surface area contributed by atoms with Crippen molar-refractivity contribution in [1.29, 1.82) is 0 Å². The zero-order chi connectivity index (χ0) is 13.0. The lowest BCUT2D eigenvalue weighted by Crippen LogP contribution is -2.26. The Morgan fingerprint density at radius 1 is 1.35 bits per heavy atom. The Balaban J connectivity index is 2.78. The van der Waals surface area contributed by atoms with Crippen LogP contribution in [0.2, 0.25) is 0 Å². The van der Waals surface area contributed by atoms with Crippen molar-refractivity contribution in [2.24, 2.45) is 5.73 Å². The first-order chi connectivity index (χ1) is 7.91. The number of nitrogens with zero attached hydrogens (tertiary/aromatic N) is 1. The molecule has 0 saturated carbocycles. The fourth-order valence-corrected chi connectivity index (χ4v) is 1.22. The van der Waals surface area contributed by atoms with Crippen LogP contribution in [0, 0.1) is 0 Å². The molecule has 92 valence electrons. The van der Waals surface area contributed by atoms with E-state index in [0.717, 1.165) is 6.20 Å². The maximum Gasteiger partial charge on any atom is 0.337 e. The van der Waals surface area contributed by atoms with Gasteiger partial charge in [-0.25, -0.2) is 4.79 Å². The summed E-state index contributed by atoms with van der Waals surface area (Å²) in [5.74, 6) is -1.89. The number of aliphatic hydroxyl groups is 2. The van der Waals surface area contributed by atoms with E-state index < -0.39 is 30.5 Å². The Labute approximate surface area is 96.5 Å². The van der Waals surface area contributed by atoms with Gasteiger partial charge in [-0.2, -0.15) is 0 Å². The number of pyridine rings is 1. The van der Waals surface area contributed by atoms with Crippen molar-refractivity contribution in [3.05, 3.63) is 29.6 Å². The molecule has 2 unspecified atom stereocenters. The molecule has 0 aliphatic carbocycles. The molecule has 1 aromatic rings. The highest BCUT2D eigenvalue weighted by molar-refractivity contribution is 5.87. The van der Waals surface area contributed by atoms with Crippen LogP contribution in [0.4, 0.5) is 0 Å². The lowest BCUT2D eigenvalue weighted by molar-refractivity contribution is -0.121. The van der Waals surface area contributed by atoms with E-state index >= 15 is 0 Å². The molecule has 0 fully saturated rings. The molecule has 2 atom stereocenters. The van der Waals surface area contributed by atoms with Gasteiger partial charge in [0.2, 0.25) is 5.91 Å². The number of primary amides is 1. The number of hydrogen-bond acceptors (Lipinski definition) is 5. The number of nitrogens with two attached hydrogens (primary N) is 1. The second-order valence-corrected chi connectivity index (χ2v) is 3.46. The second-order valence-electron chi connectivity index (χ2n) is 3.46. The number of aromatic nitrogens is 1. The third kappa shape index (κ3) is 3.51. The predicted octanol–water partition coefficient (Wildman–Crippen LogP) is -0.951. The van der Waals surface area contributed by atoms with Crippen molar-refractivity contribution in [2.75, 3.05) is 0 Å². The highest BCUT2D eigenvalue weighted by atomic mass is 16.4. The molecule has 0 saturated heterocycles. The minimum Gasteiger partial charge on any atom is -0.478 e. The van der Waals surface area contributed by atoms with E-state index in [9.17, 15) is 19.8 Å². The summed E-state index contributed by atoms with van der Waals surface area (Å²) in [7, 11) is 0. The monoisotopic (exact) mass is 240 g/mol. The summed E-state index contributed by atoms with van der Waals surface area (Å²) in [6.45, 7) is 0. The molecule has 0 aliphatic heterocycles. The maximum atomic E-state index is 10.5. The molecule has 17 heavy (non-hydrogen) atoms. The average molecular weight is 240 g/mol. The standard InChI is InChI=1S/C10H12N2O5/c11-8(14)3-7(13)9(15)6-2-1-5(4-12-6)10(16)17/h1-2,4,7,9,13,15H,3H2,(H2,11,14)(H,16,17). The van der Waals surface area contributed by atoms with Gasteiger partial charge in [0.15, 0.2) is 0 Å². The average Bonchev–Trinajstić information content (AvgIpc) is 2.27. The highest BCUT2D eigenvalue weighted by Crippen LogP contribution is 2.16. The summed E-state index contributed by atoms with van der Waals surface area (Å²) in [6, 6.07) is 2.50. The van der Waals surface area contributed by atoms with Crippen molar-refractivity contribution in [3.63, 3.8) is 0 Å². The first kappa shape index (κ1) is 13.1. The number of hydrogen-bond donors (Lipinski definition) is 4. The van der Waals surface area contributed by atoms with E-state index in [1.54, 1.807) is 0 Å². The van der Waals surface area contributed by atoms with Crippen molar-refractivity contribution >= 4 is 11.9 Å². The normalized spacial score (nSPS) is 14.0. The lowest BCUT2D eigenvalue weighted by atomic mass is 10.1. The van der Waals surface area contributed by atoms with Crippen molar-refractivity contribution in [1.82, 2.24) is 4.98 Å². The highest BCUT2D eigenvalue weighted by Gasteiger charge is 2.21. The Morgan fingerprint density at radius 2 is 2.00 bits per heavy atom. The summed E-state index contributed by atoms with van der Waals surface area (Å²) in [5, 5.41) is 27.6. The molecule has 5 N–H and O–H groups in total. The van der Waals surface area contributed by atoms with Crippen LogP contribution in [-0.2, 0) is 4.79 Å². The van der Waals surface area contributed by atoms with Gasteiger partial charge in [-0.05, 0) is 12.1 Å². The van der Waals surface area contributed by atoms with Gasteiger partial charge in [-0.15, -0.1) is 0 Å². The smallest absolute Gasteiger partial charge is 0.337 e. The van der Waals surface area contributed by atoms with Gasteiger partial charge in [-0.3, -0.25) is 9.78 Å². The first-order valence-corrected chi connectivity index (χ1v) is 4.75. The van der Waals surface area contributed by atoms with Gasteiger partial charge < -0.3 is 21.1 Å². The van der Waals surface area contributed by atoms with Crippen molar-refractivity contribution < 1.29 is 24.9 Å². The van der Waals surface area contributed by atoms with Gasteiger partial charge in [-0.1, -0.05) is 0 Å². The Bertz CT molecular complexity index is 417. The van der Waals surface area contributed by atoms with Gasteiger partial charge >= 0.3 is 5.97 Å². The molecule has 0 aromatic carbocycles. The summed E-state index contributed by atoms with van der Waals surface area (Å²) in [5.41, 5.74) is 4.90. The number of carboxylic acid groups (broad SMARTS) is 1. The van der Waals surface area contributed by atoms with E-state index in [-0.39, 0.29) is 11.3 Å². The van der Waals surface area contributed by atoms with E-state index in [1.165, 1.54) is 12.1 Å². The fourth-order valence-electron chi connectivity index (χ4n) is 1.22. The molecule has 1 heterocycles. The number of carbonyl (C=O) groups is 2. The summed E-state index contributed by atoms with van der Waals surface area (Å²) in [6.07, 6.45) is -2.09. The maximum absolute atomic E-state index is 10.5. The van der Waals surface area contributed by atoms with Crippen LogP contribution in [0.1, 0.15) is 28.6 Å². The molecule has 1 amide bonds. The summed E-state index contributed by atoms with van der Waals surface area (Å²) >= 11 is 0. The van der Waals surface area contributed by atoms with E-state index in [4.69, 9.17) is 10.8 Å². The van der Waals surface area contributed by atoms with Gasteiger partial charge in [0.1, 0.15) is 6.10 Å². The fraction of sp³-hybridized carbons (Fsp3) is 0.300. The second kappa shape index (κ2) is 5.37. The summed E-state index contributed by atoms with van der Waals surface area (Å²) in [4.78, 5) is 24.8. The number of amides is 1. The summed E-state index contributed by atoms with van der Waals surface area (Å²) < 4.78 is 0. The molecule has 0 bridgehead atoms. The Hall–Kier alpha value is -1.99. The molecular weight excluding hydrogens is 228 g/mol. The lowest BCUT2D eigenvalue weighted by Gasteiger charge is -2.15. The molecule has 0 aliphatic rings. The van der Waals surface area contributed by atoms with Gasteiger partial charge in [0.25, 0.3) is 0 Å². The largest absolute Gasteiger partial charge is 0.478 e. The number of aliphatic hydroxyl groups excluding tert-OH is 2. The number of carboxylic acids is 1. The predicted molar refractivity (Wildman–Crippen MR) is 56.0 cm³/mol. The van der Waals surface area contributed by atoms with Crippen LogP contribution in [0.15, 0.2) is 18.3 Å². The number of carbonyl (C=O) groups excluding carboxylic acids is 1. The molecule has 7 heteroatoms. The van der Waals surface area contributed by atoms with E-state index in [2.05, 4.69) is 4.98 Å². The molecule has 0 spiro atoms. The Morgan fingerprint density at radius 3 is 2.41 bits per heavy atom. The van der Waals surface area contributed by atoms with Crippen LogP contribution >= 0.6 is 0 Å². The minimum absolute atomic E-state index is 0.0367. The zero-order valence-electron chi connectivity index (χ0n) is 8.78. The molecule has 0 radical (unpaired) electrons. The van der Waals surface area contributed by atoms with E-state index in [0.29, 0.717) is 0 Å². The number of aromatic carboxylic acids is 1. The topological polar surface area (TPSA) is 134 Å². The van der Waals surface area contributed by atoms with E-state index in [1.807, 2.05) is 0 Å². The van der Waals surface area contributed by atoms with Crippen molar-refractivity contribution in [3.8, 4) is 0 Å². The van der Waals surface area contributed by atoms with Crippen LogP contribution in [0.3, 0.4) is 0 Å².